The summed E-state index contributed by atoms with van der Waals surface area (Å²) in [6, 6.07) is 21.1. The van der Waals surface area contributed by atoms with Gasteiger partial charge < -0.3 is 0 Å². The Morgan fingerprint density at radius 2 is 1.55 bits per heavy atom. The van der Waals surface area contributed by atoms with Crippen molar-refractivity contribution in [3.05, 3.63) is 66.2 Å². The van der Waals surface area contributed by atoms with Crippen LogP contribution in [0.2, 0.25) is 4.82 Å². The van der Waals surface area contributed by atoms with Crippen LogP contribution in [0.1, 0.15) is 30.7 Å². The van der Waals surface area contributed by atoms with Crippen molar-refractivity contribution in [1.82, 2.24) is 0 Å². The molecular formula is C18H18OSe. The summed E-state index contributed by atoms with van der Waals surface area (Å²) in [7, 11) is 0. The molecule has 0 radical (unpaired) electrons. The maximum atomic E-state index is 12.4. The van der Waals surface area contributed by atoms with Crippen molar-refractivity contribution in [3.63, 3.8) is 0 Å². The number of rotatable bonds is 3. The van der Waals surface area contributed by atoms with Crippen LogP contribution in [0.5, 0.6) is 0 Å². The first-order valence-electron chi connectivity index (χ1n) is 7.14. The Morgan fingerprint density at radius 1 is 0.900 bits per heavy atom. The van der Waals surface area contributed by atoms with Crippen LogP contribution in [0.3, 0.4) is 0 Å². The first-order valence-corrected chi connectivity index (χ1v) is 8.98. The average Bonchev–Trinajstić information content (AvgIpc) is 2.51. The van der Waals surface area contributed by atoms with Gasteiger partial charge in [0.25, 0.3) is 0 Å². The molecule has 1 aliphatic rings. The van der Waals surface area contributed by atoms with E-state index in [1.165, 1.54) is 10.0 Å². The summed E-state index contributed by atoms with van der Waals surface area (Å²) >= 11 is 0.235. The van der Waals surface area contributed by atoms with E-state index in [1.807, 2.05) is 12.1 Å². The second-order valence-electron chi connectivity index (χ2n) is 5.23. The third kappa shape index (κ3) is 3.03. The minimum absolute atomic E-state index is 0.209. The predicted octanol–water partition coefficient (Wildman–Crippen LogP) is 3.34. The fourth-order valence-corrected chi connectivity index (χ4v) is 5.61. The van der Waals surface area contributed by atoms with Crippen molar-refractivity contribution in [2.45, 2.75) is 30.0 Å². The fraction of sp³-hybridized carbons (Fsp3) is 0.278. The quantitative estimate of drug-likeness (QED) is 0.790. The van der Waals surface area contributed by atoms with Crippen LogP contribution >= 0.6 is 0 Å². The molecule has 1 saturated carbocycles. The third-order valence-corrected chi connectivity index (χ3v) is 6.77. The zero-order valence-corrected chi connectivity index (χ0v) is 13.1. The van der Waals surface area contributed by atoms with Gasteiger partial charge in [-0.1, -0.05) is 0 Å². The number of carbonyl (C=O) groups excluding carboxylic acids is 1. The van der Waals surface area contributed by atoms with Gasteiger partial charge in [-0.25, -0.2) is 0 Å². The molecule has 0 spiro atoms. The van der Waals surface area contributed by atoms with Crippen LogP contribution in [-0.2, 0) is 4.79 Å². The molecule has 0 aromatic heterocycles. The molecule has 20 heavy (non-hydrogen) atoms. The topological polar surface area (TPSA) is 17.1 Å². The molecule has 0 heterocycles. The van der Waals surface area contributed by atoms with Gasteiger partial charge in [0.15, 0.2) is 0 Å². The Morgan fingerprint density at radius 3 is 2.25 bits per heavy atom. The Kier molecular flexibility index (Phi) is 4.34. The molecule has 0 aliphatic heterocycles. The second kappa shape index (κ2) is 6.39. The number of hydrogen-bond acceptors (Lipinski definition) is 1. The molecule has 0 unspecified atom stereocenters. The summed E-state index contributed by atoms with van der Waals surface area (Å²) in [5, 5.41) is 0. The van der Waals surface area contributed by atoms with Crippen LogP contribution in [-0.4, -0.2) is 20.7 Å². The van der Waals surface area contributed by atoms with E-state index in [0.29, 0.717) is 11.7 Å². The average molecular weight is 329 g/mol. The summed E-state index contributed by atoms with van der Waals surface area (Å²) in [5.74, 6) is 0.881. The molecule has 2 aromatic rings. The zero-order chi connectivity index (χ0) is 13.8. The van der Waals surface area contributed by atoms with Gasteiger partial charge in [-0.3, -0.25) is 0 Å². The number of benzene rings is 2. The van der Waals surface area contributed by atoms with Crippen LogP contribution < -0.4 is 4.46 Å². The molecule has 2 heteroatoms. The van der Waals surface area contributed by atoms with E-state index in [0.717, 1.165) is 19.3 Å². The SMILES string of the molecule is O=C1CCC[C@@H](c2ccccc2)[C@@H]1[Se]c1ccccc1. The van der Waals surface area contributed by atoms with Crippen LogP contribution in [0.15, 0.2) is 60.7 Å². The van der Waals surface area contributed by atoms with E-state index >= 15 is 0 Å². The van der Waals surface area contributed by atoms with Gasteiger partial charge in [0.1, 0.15) is 0 Å². The van der Waals surface area contributed by atoms with Crippen molar-refractivity contribution in [3.8, 4) is 0 Å². The number of Topliss-reactive ketones (excluding diaryl/α,β-unsaturated/α-hetero) is 1. The zero-order valence-electron chi connectivity index (χ0n) is 11.4. The molecule has 0 saturated heterocycles. The fourth-order valence-electron chi connectivity index (χ4n) is 2.85. The first kappa shape index (κ1) is 13.6. The summed E-state index contributed by atoms with van der Waals surface area (Å²) in [6.07, 6.45) is 2.96. The summed E-state index contributed by atoms with van der Waals surface area (Å²) < 4.78 is 1.33. The van der Waals surface area contributed by atoms with Crippen molar-refractivity contribution in [1.29, 1.82) is 0 Å². The normalized spacial score (nSPS) is 22.7. The predicted molar refractivity (Wildman–Crippen MR) is 83.6 cm³/mol. The Bertz CT molecular complexity index is 564. The molecule has 0 bridgehead atoms. The monoisotopic (exact) mass is 330 g/mol. The van der Waals surface area contributed by atoms with E-state index in [2.05, 4.69) is 48.5 Å². The standard InChI is InChI=1S/C18H18OSe/c19-17-13-7-12-16(14-8-3-1-4-9-14)18(17)20-15-10-5-2-6-11-15/h1-6,8-11,16,18H,7,12-13H2/t16-,18-/m0/s1. The van der Waals surface area contributed by atoms with E-state index < -0.39 is 0 Å². The van der Waals surface area contributed by atoms with Gasteiger partial charge in [-0.05, 0) is 0 Å². The number of hydrogen-bond donors (Lipinski definition) is 0. The Hall–Kier alpha value is -1.37. The maximum absolute atomic E-state index is 12.4. The molecule has 1 fully saturated rings. The summed E-state index contributed by atoms with van der Waals surface area (Å²) in [4.78, 5) is 12.6. The number of carbonyl (C=O) groups is 1. The molecule has 1 nitrogen and oxygen atoms in total. The number of ketones is 1. The van der Waals surface area contributed by atoms with Crippen molar-refractivity contribution >= 4 is 25.2 Å². The minimum atomic E-state index is 0.209. The van der Waals surface area contributed by atoms with E-state index in [9.17, 15) is 4.79 Å². The second-order valence-corrected chi connectivity index (χ2v) is 7.78. The molecule has 0 amide bonds. The Balaban J connectivity index is 1.86. The van der Waals surface area contributed by atoms with Crippen molar-refractivity contribution in [2.24, 2.45) is 0 Å². The first-order chi connectivity index (χ1) is 9.84. The molecule has 2 aromatic carbocycles. The van der Waals surface area contributed by atoms with Gasteiger partial charge >= 0.3 is 126 Å². The summed E-state index contributed by atoms with van der Waals surface area (Å²) in [6.45, 7) is 0. The molecular weight excluding hydrogens is 311 g/mol. The van der Waals surface area contributed by atoms with Gasteiger partial charge in [0, 0.05) is 0 Å². The molecule has 102 valence electrons. The van der Waals surface area contributed by atoms with Crippen LogP contribution in [0.4, 0.5) is 0 Å². The van der Waals surface area contributed by atoms with Crippen LogP contribution in [0, 0.1) is 0 Å². The van der Waals surface area contributed by atoms with Gasteiger partial charge in [0.2, 0.25) is 0 Å². The molecule has 0 N–H and O–H groups in total. The van der Waals surface area contributed by atoms with Crippen molar-refractivity contribution < 1.29 is 4.79 Å². The van der Waals surface area contributed by atoms with E-state index in [4.69, 9.17) is 0 Å². The van der Waals surface area contributed by atoms with E-state index in [1.54, 1.807) is 0 Å². The van der Waals surface area contributed by atoms with Gasteiger partial charge in [-0.15, -0.1) is 0 Å². The molecule has 1 aliphatic carbocycles. The van der Waals surface area contributed by atoms with Crippen LogP contribution in [0.25, 0.3) is 0 Å². The molecule has 3 rings (SSSR count). The Labute approximate surface area is 126 Å². The van der Waals surface area contributed by atoms with E-state index in [-0.39, 0.29) is 19.8 Å². The van der Waals surface area contributed by atoms with Gasteiger partial charge in [-0.2, -0.15) is 0 Å². The van der Waals surface area contributed by atoms with Gasteiger partial charge in [0.05, 0.1) is 0 Å². The molecule has 2 atom stereocenters. The summed E-state index contributed by atoms with van der Waals surface area (Å²) in [5.41, 5.74) is 1.34. The third-order valence-electron chi connectivity index (χ3n) is 3.86. The van der Waals surface area contributed by atoms with Crippen molar-refractivity contribution in [2.75, 3.05) is 0 Å².